The molecule has 0 aliphatic carbocycles. The van der Waals surface area contributed by atoms with Gasteiger partial charge in [0.25, 0.3) is 5.91 Å². The van der Waals surface area contributed by atoms with E-state index in [0.717, 1.165) is 10.7 Å². The predicted octanol–water partition coefficient (Wildman–Crippen LogP) is 2.48. The molecule has 0 radical (unpaired) electrons. The van der Waals surface area contributed by atoms with E-state index in [-0.39, 0.29) is 22.8 Å². The van der Waals surface area contributed by atoms with Gasteiger partial charge < -0.3 is 10.6 Å². The van der Waals surface area contributed by atoms with Gasteiger partial charge in [0, 0.05) is 30.2 Å². The van der Waals surface area contributed by atoms with Gasteiger partial charge in [-0.05, 0) is 40.5 Å². The topological polar surface area (TPSA) is 59.0 Å². The molecule has 1 aromatic heterocycles. The molecule has 1 aromatic rings. The van der Waals surface area contributed by atoms with Crippen LogP contribution in [0.4, 0.5) is 13.2 Å². The molecule has 0 unspecified atom stereocenters. The monoisotopic (exact) mass is 332 g/mol. The number of nitrogens with zero attached hydrogens (tertiary/aromatic N) is 2. The van der Waals surface area contributed by atoms with Crippen molar-refractivity contribution in [3.05, 3.63) is 17.5 Å². The lowest BCUT2D eigenvalue weighted by Gasteiger charge is -2.46. The molecule has 0 spiro atoms. The zero-order valence-corrected chi connectivity index (χ0v) is 14.0. The fourth-order valence-electron chi connectivity index (χ4n) is 3.50. The molecular weight excluding hydrogens is 309 g/mol. The van der Waals surface area contributed by atoms with Gasteiger partial charge >= 0.3 is 6.18 Å². The molecule has 130 valence electrons. The Bertz CT molecular complexity index is 588. The Morgan fingerprint density at radius 1 is 1.30 bits per heavy atom. The number of alkyl halides is 3. The fraction of sp³-hybridized carbons (Fsp3) is 0.733. The summed E-state index contributed by atoms with van der Waals surface area (Å²) in [6.45, 7) is 8.16. The number of aryl methyl sites for hydroxylation is 1. The van der Waals surface area contributed by atoms with E-state index in [2.05, 4.69) is 15.7 Å². The van der Waals surface area contributed by atoms with Crippen LogP contribution in [0, 0.1) is 0 Å². The third-order valence-corrected chi connectivity index (χ3v) is 3.93. The molecule has 2 heterocycles. The van der Waals surface area contributed by atoms with Crippen molar-refractivity contribution in [2.75, 3.05) is 0 Å². The van der Waals surface area contributed by atoms with E-state index in [9.17, 15) is 18.0 Å². The SMILES string of the molecule is Cn1nc(C(F)(F)F)cc1C(=O)NC1CC(C)(C)NC(C)(C)C1. The molecule has 0 atom stereocenters. The molecule has 5 nitrogen and oxygen atoms in total. The van der Waals surface area contributed by atoms with Gasteiger partial charge in [0.1, 0.15) is 5.69 Å². The van der Waals surface area contributed by atoms with Crippen LogP contribution in [0.25, 0.3) is 0 Å². The van der Waals surface area contributed by atoms with Crippen LogP contribution in [0.1, 0.15) is 56.7 Å². The molecule has 1 aliphatic heterocycles. The predicted molar refractivity (Wildman–Crippen MR) is 80.0 cm³/mol. The first-order valence-electron chi connectivity index (χ1n) is 7.51. The van der Waals surface area contributed by atoms with Crippen molar-refractivity contribution in [1.29, 1.82) is 0 Å². The minimum Gasteiger partial charge on any atom is -0.348 e. The summed E-state index contributed by atoms with van der Waals surface area (Å²) in [4.78, 5) is 12.3. The number of halogens is 3. The average molecular weight is 332 g/mol. The van der Waals surface area contributed by atoms with Gasteiger partial charge in [0.05, 0.1) is 0 Å². The molecule has 2 rings (SSSR count). The highest BCUT2D eigenvalue weighted by Crippen LogP contribution is 2.30. The van der Waals surface area contributed by atoms with Crippen LogP contribution in [-0.2, 0) is 13.2 Å². The van der Waals surface area contributed by atoms with E-state index in [4.69, 9.17) is 0 Å². The maximum atomic E-state index is 12.7. The van der Waals surface area contributed by atoms with E-state index in [1.54, 1.807) is 0 Å². The molecule has 1 amide bonds. The maximum Gasteiger partial charge on any atom is 0.435 e. The third-order valence-electron chi connectivity index (χ3n) is 3.93. The standard InChI is InChI=1S/C15H23F3N4O/c1-13(2)7-9(8-14(3,4)21-13)19-12(23)10-6-11(15(16,17)18)20-22(10)5/h6,9,21H,7-8H2,1-5H3,(H,19,23). The number of aromatic nitrogens is 2. The molecule has 1 aliphatic rings. The first-order chi connectivity index (χ1) is 10.3. The summed E-state index contributed by atoms with van der Waals surface area (Å²) in [5.41, 5.74) is -1.48. The summed E-state index contributed by atoms with van der Waals surface area (Å²) in [7, 11) is 1.33. The Kier molecular flexibility index (Phi) is 4.26. The summed E-state index contributed by atoms with van der Waals surface area (Å²) < 4.78 is 39.0. The number of rotatable bonds is 2. The van der Waals surface area contributed by atoms with Gasteiger partial charge in [-0.3, -0.25) is 9.48 Å². The van der Waals surface area contributed by atoms with Crippen molar-refractivity contribution < 1.29 is 18.0 Å². The Morgan fingerprint density at radius 2 is 1.83 bits per heavy atom. The first kappa shape index (κ1) is 17.8. The van der Waals surface area contributed by atoms with E-state index >= 15 is 0 Å². The summed E-state index contributed by atoms with van der Waals surface area (Å²) in [5.74, 6) is -0.533. The summed E-state index contributed by atoms with van der Waals surface area (Å²) in [5, 5.41) is 9.71. The van der Waals surface area contributed by atoms with E-state index in [1.807, 2.05) is 27.7 Å². The number of amides is 1. The van der Waals surface area contributed by atoms with Crippen molar-refractivity contribution in [2.24, 2.45) is 7.05 Å². The normalized spacial score (nSPS) is 21.2. The lowest BCUT2D eigenvalue weighted by Crippen LogP contribution is -2.62. The molecular formula is C15H23F3N4O. The number of hydrogen-bond acceptors (Lipinski definition) is 3. The number of nitrogens with one attached hydrogen (secondary N) is 2. The van der Waals surface area contributed by atoms with Crippen LogP contribution in [-0.4, -0.2) is 32.8 Å². The first-order valence-corrected chi connectivity index (χ1v) is 7.51. The van der Waals surface area contributed by atoms with Crippen LogP contribution in [0.5, 0.6) is 0 Å². The molecule has 1 fully saturated rings. The second kappa shape index (κ2) is 5.51. The number of carbonyl (C=O) groups excluding carboxylic acids is 1. The van der Waals surface area contributed by atoms with Crippen molar-refractivity contribution in [1.82, 2.24) is 20.4 Å². The molecule has 2 N–H and O–H groups in total. The molecule has 0 saturated carbocycles. The minimum absolute atomic E-state index is 0.0912. The van der Waals surface area contributed by atoms with Gasteiger partial charge in [-0.1, -0.05) is 0 Å². The Labute approximate surface area is 133 Å². The van der Waals surface area contributed by atoms with E-state index < -0.39 is 17.8 Å². The van der Waals surface area contributed by atoms with Gasteiger partial charge in [-0.2, -0.15) is 18.3 Å². The number of hydrogen-bond donors (Lipinski definition) is 2. The van der Waals surface area contributed by atoms with Gasteiger partial charge in [0.15, 0.2) is 5.69 Å². The third kappa shape index (κ3) is 4.25. The van der Waals surface area contributed by atoms with Crippen LogP contribution >= 0.6 is 0 Å². The van der Waals surface area contributed by atoms with Crippen molar-refractivity contribution >= 4 is 5.91 Å². The maximum absolute atomic E-state index is 12.7. The van der Waals surface area contributed by atoms with Crippen molar-refractivity contribution in [2.45, 2.75) is 63.8 Å². The van der Waals surface area contributed by atoms with Gasteiger partial charge in [-0.25, -0.2) is 0 Å². The lowest BCUT2D eigenvalue weighted by molar-refractivity contribution is -0.141. The number of piperidine rings is 1. The molecule has 1 saturated heterocycles. The zero-order chi connectivity index (χ0) is 17.6. The van der Waals surface area contributed by atoms with Crippen LogP contribution in [0.3, 0.4) is 0 Å². The van der Waals surface area contributed by atoms with Crippen molar-refractivity contribution in [3.8, 4) is 0 Å². The highest BCUT2D eigenvalue weighted by molar-refractivity contribution is 5.92. The van der Waals surface area contributed by atoms with Crippen LogP contribution in [0.2, 0.25) is 0 Å². The second-order valence-corrected chi connectivity index (χ2v) is 7.51. The summed E-state index contributed by atoms with van der Waals surface area (Å²) in [6, 6.07) is 0.671. The fourth-order valence-corrected chi connectivity index (χ4v) is 3.50. The summed E-state index contributed by atoms with van der Waals surface area (Å²) >= 11 is 0. The molecule has 23 heavy (non-hydrogen) atoms. The largest absolute Gasteiger partial charge is 0.435 e. The van der Waals surface area contributed by atoms with E-state index in [0.29, 0.717) is 12.8 Å². The Hall–Kier alpha value is -1.57. The second-order valence-electron chi connectivity index (χ2n) is 7.51. The van der Waals surface area contributed by atoms with Crippen LogP contribution < -0.4 is 10.6 Å². The van der Waals surface area contributed by atoms with Gasteiger partial charge in [0.2, 0.25) is 0 Å². The van der Waals surface area contributed by atoms with E-state index in [1.165, 1.54) is 7.05 Å². The highest BCUT2D eigenvalue weighted by atomic mass is 19.4. The lowest BCUT2D eigenvalue weighted by atomic mass is 9.79. The minimum atomic E-state index is -4.56. The molecule has 8 heteroatoms. The van der Waals surface area contributed by atoms with Crippen molar-refractivity contribution in [3.63, 3.8) is 0 Å². The Morgan fingerprint density at radius 3 is 2.26 bits per heavy atom. The highest BCUT2D eigenvalue weighted by Gasteiger charge is 2.39. The smallest absolute Gasteiger partial charge is 0.348 e. The number of carbonyl (C=O) groups is 1. The average Bonchev–Trinajstić information content (AvgIpc) is 2.66. The van der Waals surface area contributed by atoms with Crippen LogP contribution in [0.15, 0.2) is 6.07 Å². The van der Waals surface area contributed by atoms with Gasteiger partial charge in [-0.15, -0.1) is 0 Å². The zero-order valence-electron chi connectivity index (χ0n) is 14.0. The summed E-state index contributed by atoms with van der Waals surface area (Å²) in [6.07, 6.45) is -3.16. The Balaban J connectivity index is 2.15. The quantitative estimate of drug-likeness (QED) is 0.875. The molecule has 0 bridgehead atoms. The molecule has 0 aromatic carbocycles.